The molecule has 0 aliphatic heterocycles. The van der Waals surface area contributed by atoms with Crippen LogP contribution in [0.3, 0.4) is 0 Å². The SMILES string of the molecule is Nc1ccc(S(=O)(=O)NCCn2ccnn2)c([N+](=O)[O-])c1. The third-order valence-corrected chi connectivity index (χ3v) is 4.08. The van der Waals surface area contributed by atoms with Crippen molar-refractivity contribution in [1.82, 2.24) is 19.7 Å². The highest BCUT2D eigenvalue weighted by molar-refractivity contribution is 7.89. The summed E-state index contributed by atoms with van der Waals surface area (Å²) in [5, 5.41) is 18.2. The number of sulfonamides is 1. The molecule has 0 radical (unpaired) electrons. The van der Waals surface area contributed by atoms with E-state index in [2.05, 4.69) is 15.0 Å². The van der Waals surface area contributed by atoms with Crippen LogP contribution in [0.25, 0.3) is 0 Å². The van der Waals surface area contributed by atoms with Gasteiger partial charge in [0, 0.05) is 24.5 Å². The summed E-state index contributed by atoms with van der Waals surface area (Å²) in [4.78, 5) is 9.70. The topological polar surface area (TPSA) is 146 Å². The number of hydrogen-bond acceptors (Lipinski definition) is 7. The van der Waals surface area contributed by atoms with Crippen LogP contribution in [0.4, 0.5) is 11.4 Å². The van der Waals surface area contributed by atoms with Crippen molar-refractivity contribution < 1.29 is 13.3 Å². The fourth-order valence-corrected chi connectivity index (χ4v) is 2.80. The molecule has 1 heterocycles. The molecule has 0 amide bonds. The van der Waals surface area contributed by atoms with Crippen LogP contribution in [0.5, 0.6) is 0 Å². The first-order valence-corrected chi connectivity index (χ1v) is 7.26. The van der Waals surface area contributed by atoms with E-state index in [0.29, 0.717) is 0 Å². The maximum absolute atomic E-state index is 12.1. The van der Waals surface area contributed by atoms with Gasteiger partial charge in [0.1, 0.15) is 0 Å². The van der Waals surface area contributed by atoms with Crippen molar-refractivity contribution in [3.63, 3.8) is 0 Å². The van der Waals surface area contributed by atoms with E-state index in [1.165, 1.54) is 16.9 Å². The van der Waals surface area contributed by atoms with Crippen molar-refractivity contribution in [1.29, 1.82) is 0 Å². The number of nitrogens with one attached hydrogen (secondary N) is 1. The van der Waals surface area contributed by atoms with Crippen LogP contribution < -0.4 is 10.5 Å². The van der Waals surface area contributed by atoms with Gasteiger partial charge in [0.25, 0.3) is 5.69 Å². The second-order valence-corrected chi connectivity index (χ2v) is 5.78. The lowest BCUT2D eigenvalue weighted by Crippen LogP contribution is -2.28. The van der Waals surface area contributed by atoms with Crippen molar-refractivity contribution in [2.24, 2.45) is 0 Å². The second-order valence-electron chi connectivity index (χ2n) is 4.05. The van der Waals surface area contributed by atoms with Gasteiger partial charge in [-0.2, -0.15) is 0 Å². The number of nitrogen functional groups attached to an aromatic ring is 1. The molecule has 21 heavy (non-hydrogen) atoms. The minimum atomic E-state index is -4.01. The summed E-state index contributed by atoms with van der Waals surface area (Å²) in [6.07, 6.45) is 3.03. The molecule has 1 aromatic carbocycles. The summed E-state index contributed by atoms with van der Waals surface area (Å²) in [5.41, 5.74) is 4.98. The van der Waals surface area contributed by atoms with Crippen molar-refractivity contribution >= 4 is 21.4 Å². The maximum Gasteiger partial charge on any atom is 0.291 e. The fourth-order valence-electron chi connectivity index (χ4n) is 1.63. The summed E-state index contributed by atoms with van der Waals surface area (Å²) < 4.78 is 27.9. The molecule has 0 saturated carbocycles. The number of aromatic nitrogens is 3. The zero-order valence-electron chi connectivity index (χ0n) is 10.7. The minimum absolute atomic E-state index is 0.0211. The van der Waals surface area contributed by atoms with Gasteiger partial charge >= 0.3 is 0 Å². The lowest BCUT2D eigenvalue weighted by molar-refractivity contribution is -0.387. The zero-order chi connectivity index (χ0) is 15.5. The predicted octanol–water partition coefficient (Wildman–Crippen LogP) is -0.253. The van der Waals surface area contributed by atoms with Gasteiger partial charge in [0.15, 0.2) is 4.90 Å². The average molecular weight is 312 g/mol. The molecule has 2 rings (SSSR count). The Bertz CT molecular complexity index is 743. The normalized spacial score (nSPS) is 11.4. The van der Waals surface area contributed by atoms with Gasteiger partial charge in [-0.05, 0) is 12.1 Å². The van der Waals surface area contributed by atoms with Crippen molar-refractivity contribution in [3.05, 3.63) is 40.7 Å². The molecule has 10 nitrogen and oxygen atoms in total. The van der Waals surface area contributed by atoms with E-state index in [0.717, 1.165) is 12.1 Å². The molecule has 0 fully saturated rings. The molecule has 0 saturated heterocycles. The number of hydrogen-bond donors (Lipinski definition) is 2. The number of nitrogens with two attached hydrogens (primary N) is 1. The standard InChI is InChI=1S/C10H12N6O4S/c11-8-1-2-10(9(7-8)16(17)18)21(19,20)13-4-6-15-5-3-12-14-15/h1-3,5,7,13H,4,6,11H2. The Kier molecular flexibility index (Phi) is 4.14. The van der Waals surface area contributed by atoms with Crippen LogP contribution in [0, 0.1) is 10.1 Å². The highest BCUT2D eigenvalue weighted by Gasteiger charge is 2.25. The first kappa shape index (κ1) is 14.9. The molecule has 112 valence electrons. The van der Waals surface area contributed by atoms with E-state index < -0.39 is 25.5 Å². The molecular weight excluding hydrogens is 300 g/mol. The van der Waals surface area contributed by atoms with Crippen LogP contribution in [0.15, 0.2) is 35.5 Å². The molecule has 1 aromatic heterocycles. The van der Waals surface area contributed by atoms with Gasteiger partial charge in [-0.1, -0.05) is 5.21 Å². The first-order chi connectivity index (χ1) is 9.90. The molecule has 0 unspecified atom stereocenters. The number of nitro benzene ring substituents is 1. The number of anilines is 1. The van der Waals surface area contributed by atoms with E-state index in [1.807, 2.05) is 0 Å². The Morgan fingerprint density at radius 2 is 2.19 bits per heavy atom. The minimum Gasteiger partial charge on any atom is -0.399 e. The van der Waals surface area contributed by atoms with Crippen molar-refractivity contribution in [2.45, 2.75) is 11.4 Å². The Morgan fingerprint density at radius 3 is 2.81 bits per heavy atom. The van der Waals surface area contributed by atoms with Gasteiger partial charge in [0.05, 0.1) is 17.7 Å². The maximum atomic E-state index is 12.1. The van der Waals surface area contributed by atoms with Crippen LogP contribution in [-0.4, -0.2) is 34.9 Å². The van der Waals surface area contributed by atoms with Crippen molar-refractivity contribution in [3.8, 4) is 0 Å². The molecule has 0 aliphatic rings. The van der Waals surface area contributed by atoms with E-state index in [9.17, 15) is 18.5 Å². The second kappa shape index (κ2) is 5.85. The monoisotopic (exact) mass is 312 g/mol. The number of rotatable bonds is 6. The number of benzene rings is 1. The molecule has 0 aliphatic carbocycles. The van der Waals surface area contributed by atoms with Gasteiger partial charge in [-0.25, -0.2) is 13.1 Å². The van der Waals surface area contributed by atoms with Crippen LogP contribution in [0.2, 0.25) is 0 Å². The first-order valence-electron chi connectivity index (χ1n) is 5.78. The average Bonchev–Trinajstić information content (AvgIpc) is 2.91. The van der Waals surface area contributed by atoms with Gasteiger partial charge in [0.2, 0.25) is 10.0 Å². The number of nitrogens with zero attached hydrogens (tertiary/aromatic N) is 4. The predicted molar refractivity (Wildman–Crippen MR) is 72.7 cm³/mol. The van der Waals surface area contributed by atoms with Crippen LogP contribution in [0.1, 0.15) is 0 Å². The van der Waals surface area contributed by atoms with E-state index in [-0.39, 0.29) is 18.8 Å². The summed E-state index contributed by atoms with van der Waals surface area (Å²) in [5.74, 6) is 0. The molecule has 3 N–H and O–H groups in total. The van der Waals surface area contributed by atoms with Gasteiger partial charge in [-0.15, -0.1) is 5.10 Å². The number of nitro groups is 1. The van der Waals surface area contributed by atoms with Gasteiger partial charge < -0.3 is 5.73 Å². The highest BCUT2D eigenvalue weighted by Crippen LogP contribution is 2.25. The Balaban J connectivity index is 2.17. The van der Waals surface area contributed by atoms with Crippen LogP contribution in [-0.2, 0) is 16.6 Å². The van der Waals surface area contributed by atoms with Crippen molar-refractivity contribution in [2.75, 3.05) is 12.3 Å². The summed E-state index contributed by atoms with van der Waals surface area (Å²) >= 11 is 0. The van der Waals surface area contributed by atoms with E-state index >= 15 is 0 Å². The summed E-state index contributed by atoms with van der Waals surface area (Å²) in [6, 6.07) is 3.40. The van der Waals surface area contributed by atoms with Crippen LogP contribution >= 0.6 is 0 Å². The summed E-state index contributed by atoms with van der Waals surface area (Å²) in [6.45, 7) is 0.273. The Hall–Kier alpha value is -2.53. The quantitative estimate of drug-likeness (QED) is 0.424. The zero-order valence-corrected chi connectivity index (χ0v) is 11.5. The highest BCUT2D eigenvalue weighted by atomic mass is 32.2. The molecular formula is C10H12N6O4S. The molecule has 11 heteroatoms. The molecule has 0 atom stereocenters. The third kappa shape index (κ3) is 3.52. The molecule has 0 bridgehead atoms. The fraction of sp³-hybridized carbons (Fsp3) is 0.200. The van der Waals surface area contributed by atoms with Gasteiger partial charge in [-0.3, -0.25) is 14.8 Å². The lowest BCUT2D eigenvalue weighted by atomic mass is 10.3. The Morgan fingerprint density at radius 1 is 1.43 bits per heavy atom. The Labute approximate surface area is 119 Å². The molecule has 0 spiro atoms. The smallest absolute Gasteiger partial charge is 0.291 e. The summed E-state index contributed by atoms with van der Waals surface area (Å²) in [7, 11) is -4.01. The van der Waals surface area contributed by atoms with E-state index in [4.69, 9.17) is 5.73 Å². The third-order valence-electron chi connectivity index (χ3n) is 2.57. The largest absolute Gasteiger partial charge is 0.399 e. The van der Waals surface area contributed by atoms with E-state index in [1.54, 1.807) is 6.20 Å². The lowest BCUT2D eigenvalue weighted by Gasteiger charge is -2.07. The molecule has 2 aromatic rings.